The van der Waals surface area contributed by atoms with Gasteiger partial charge in [-0.05, 0) is 63.1 Å². The molecule has 6 heteroatoms. The first-order valence-corrected chi connectivity index (χ1v) is 10.4. The molecule has 160 valence electrons. The van der Waals surface area contributed by atoms with Gasteiger partial charge in [0.1, 0.15) is 11.5 Å². The summed E-state index contributed by atoms with van der Waals surface area (Å²) < 4.78 is 11.6. The van der Waals surface area contributed by atoms with Gasteiger partial charge in [-0.3, -0.25) is 9.59 Å². The fourth-order valence-corrected chi connectivity index (χ4v) is 3.55. The van der Waals surface area contributed by atoms with Crippen LogP contribution in [0.5, 0.6) is 11.5 Å². The summed E-state index contributed by atoms with van der Waals surface area (Å²) in [5, 5.41) is 0. The molecule has 1 fully saturated rings. The second-order valence-corrected chi connectivity index (χ2v) is 7.80. The van der Waals surface area contributed by atoms with Gasteiger partial charge in [0.25, 0.3) is 11.8 Å². The van der Waals surface area contributed by atoms with Crippen LogP contribution >= 0.6 is 0 Å². The average Bonchev–Trinajstić information content (AvgIpc) is 2.73. The quantitative estimate of drug-likeness (QED) is 0.734. The molecule has 1 heterocycles. The highest BCUT2D eigenvalue weighted by molar-refractivity contribution is 5.83. The molecule has 0 N–H and O–H groups in total. The average molecular weight is 411 g/mol. The molecule has 1 aliphatic heterocycles. The largest absolute Gasteiger partial charge is 0.481 e. The van der Waals surface area contributed by atoms with Crippen LogP contribution in [0.25, 0.3) is 0 Å². The van der Waals surface area contributed by atoms with Crippen molar-refractivity contribution in [3.63, 3.8) is 0 Å². The smallest absolute Gasteiger partial charge is 0.263 e. The number of carbonyl (C=O) groups excluding carboxylic acids is 2. The van der Waals surface area contributed by atoms with Crippen molar-refractivity contribution in [2.24, 2.45) is 0 Å². The van der Waals surface area contributed by atoms with Crippen LogP contribution in [0.2, 0.25) is 0 Å². The standard InChI is InChI=1S/C24H30N2O4/c1-17-7-5-9-21(15-17)29-19(3)23(27)25-11-13-26(14-12-25)24(28)20(4)30-22-10-6-8-18(2)16-22/h5-10,15-16,19-20H,11-14H2,1-4H3. The fraction of sp³-hybridized carbons (Fsp3) is 0.417. The number of hydrogen-bond donors (Lipinski definition) is 0. The van der Waals surface area contributed by atoms with E-state index in [0.717, 1.165) is 11.1 Å². The molecule has 1 aliphatic rings. The number of rotatable bonds is 6. The van der Waals surface area contributed by atoms with Gasteiger partial charge in [-0.2, -0.15) is 0 Å². The van der Waals surface area contributed by atoms with Crippen LogP contribution in [-0.2, 0) is 9.59 Å². The molecule has 2 unspecified atom stereocenters. The Morgan fingerprint density at radius 1 is 0.733 bits per heavy atom. The lowest BCUT2D eigenvalue weighted by molar-refractivity contribution is -0.146. The first kappa shape index (κ1) is 21.7. The molecule has 0 radical (unpaired) electrons. The molecule has 2 atom stereocenters. The first-order chi connectivity index (χ1) is 14.3. The van der Waals surface area contributed by atoms with Crippen molar-refractivity contribution in [3.8, 4) is 11.5 Å². The lowest BCUT2D eigenvalue weighted by Crippen LogP contribution is -2.55. The highest BCUT2D eigenvalue weighted by Crippen LogP contribution is 2.17. The third-order valence-electron chi connectivity index (χ3n) is 5.20. The Morgan fingerprint density at radius 3 is 1.43 bits per heavy atom. The highest BCUT2D eigenvalue weighted by atomic mass is 16.5. The van der Waals surface area contributed by atoms with E-state index in [0.29, 0.717) is 37.7 Å². The summed E-state index contributed by atoms with van der Waals surface area (Å²) >= 11 is 0. The Morgan fingerprint density at radius 2 is 1.10 bits per heavy atom. The zero-order chi connectivity index (χ0) is 21.7. The summed E-state index contributed by atoms with van der Waals surface area (Å²) in [5.74, 6) is 1.25. The second kappa shape index (κ2) is 9.65. The van der Waals surface area contributed by atoms with Crippen molar-refractivity contribution in [2.75, 3.05) is 26.2 Å². The molecule has 0 aromatic heterocycles. The van der Waals surface area contributed by atoms with Gasteiger partial charge in [0.2, 0.25) is 0 Å². The molecule has 6 nitrogen and oxygen atoms in total. The van der Waals surface area contributed by atoms with Gasteiger partial charge in [-0.25, -0.2) is 0 Å². The van der Waals surface area contributed by atoms with E-state index in [9.17, 15) is 9.59 Å². The number of carbonyl (C=O) groups is 2. The van der Waals surface area contributed by atoms with Gasteiger partial charge in [0, 0.05) is 26.2 Å². The normalized spacial score (nSPS) is 16.0. The predicted octanol–water partition coefficient (Wildman–Crippen LogP) is 3.21. The van der Waals surface area contributed by atoms with Crippen LogP contribution in [-0.4, -0.2) is 60.0 Å². The number of piperazine rings is 1. The Hall–Kier alpha value is -3.02. The van der Waals surface area contributed by atoms with Crippen molar-refractivity contribution < 1.29 is 19.1 Å². The van der Waals surface area contributed by atoms with Crippen molar-refractivity contribution in [1.82, 2.24) is 9.80 Å². The summed E-state index contributed by atoms with van der Waals surface area (Å²) in [4.78, 5) is 29.0. The summed E-state index contributed by atoms with van der Waals surface area (Å²) in [6.45, 7) is 9.46. The van der Waals surface area contributed by atoms with Gasteiger partial charge in [-0.1, -0.05) is 24.3 Å². The van der Waals surface area contributed by atoms with Gasteiger partial charge in [-0.15, -0.1) is 0 Å². The summed E-state index contributed by atoms with van der Waals surface area (Å²) in [5.41, 5.74) is 2.17. The molecule has 2 aromatic carbocycles. The Balaban J connectivity index is 1.49. The second-order valence-electron chi connectivity index (χ2n) is 7.80. The molecule has 0 spiro atoms. The van der Waals surface area contributed by atoms with E-state index in [1.165, 1.54) is 0 Å². The zero-order valence-corrected chi connectivity index (χ0v) is 18.1. The van der Waals surface area contributed by atoms with Crippen molar-refractivity contribution in [2.45, 2.75) is 39.9 Å². The maximum absolute atomic E-state index is 12.7. The number of amides is 2. The van der Waals surface area contributed by atoms with Crippen LogP contribution in [0.15, 0.2) is 48.5 Å². The SMILES string of the molecule is Cc1cccc(OC(C)C(=O)N2CCN(C(=O)C(C)Oc3cccc(C)c3)CC2)c1. The van der Waals surface area contributed by atoms with E-state index in [4.69, 9.17) is 9.47 Å². The molecule has 0 aliphatic carbocycles. The predicted molar refractivity (Wildman–Crippen MR) is 116 cm³/mol. The maximum atomic E-state index is 12.7. The lowest BCUT2D eigenvalue weighted by Gasteiger charge is -2.36. The van der Waals surface area contributed by atoms with Crippen molar-refractivity contribution >= 4 is 11.8 Å². The number of nitrogens with zero attached hydrogens (tertiary/aromatic N) is 2. The molecule has 1 saturated heterocycles. The minimum absolute atomic E-state index is 0.0623. The van der Waals surface area contributed by atoms with Crippen molar-refractivity contribution in [1.29, 1.82) is 0 Å². The molecular formula is C24H30N2O4. The number of aryl methyl sites for hydroxylation is 2. The van der Waals surface area contributed by atoms with E-state index < -0.39 is 12.2 Å². The van der Waals surface area contributed by atoms with E-state index >= 15 is 0 Å². The summed E-state index contributed by atoms with van der Waals surface area (Å²) in [6.07, 6.45) is -1.14. The Bertz CT molecular complexity index is 817. The van der Waals surface area contributed by atoms with Crippen LogP contribution in [0.4, 0.5) is 0 Å². The molecular weight excluding hydrogens is 380 g/mol. The van der Waals surface area contributed by atoms with Crippen molar-refractivity contribution in [3.05, 3.63) is 59.7 Å². The van der Waals surface area contributed by atoms with Crippen LogP contribution in [0.3, 0.4) is 0 Å². The minimum atomic E-state index is -0.572. The Labute approximate surface area is 178 Å². The molecule has 0 saturated carbocycles. The van der Waals surface area contributed by atoms with Crippen LogP contribution < -0.4 is 9.47 Å². The molecule has 2 aromatic rings. The molecule has 3 rings (SSSR count). The molecule has 0 bridgehead atoms. The number of benzene rings is 2. The summed E-state index contributed by atoms with van der Waals surface area (Å²) in [6, 6.07) is 15.3. The Kier molecular flexibility index (Phi) is 6.98. The number of ether oxygens (including phenoxy) is 2. The van der Waals surface area contributed by atoms with Gasteiger partial charge >= 0.3 is 0 Å². The first-order valence-electron chi connectivity index (χ1n) is 10.4. The fourth-order valence-electron chi connectivity index (χ4n) is 3.55. The third-order valence-corrected chi connectivity index (χ3v) is 5.20. The van der Waals surface area contributed by atoms with E-state index in [1.54, 1.807) is 23.6 Å². The van der Waals surface area contributed by atoms with Crippen LogP contribution in [0, 0.1) is 13.8 Å². The maximum Gasteiger partial charge on any atom is 0.263 e. The van der Waals surface area contributed by atoms with Gasteiger partial charge in [0.05, 0.1) is 0 Å². The van der Waals surface area contributed by atoms with E-state index in [1.807, 2.05) is 62.4 Å². The molecule has 2 amide bonds. The minimum Gasteiger partial charge on any atom is -0.481 e. The monoisotopic (exact) mass is 410 g/mol. The van der Waals surface area contributed by atoms with Gasteiger partial charge in [0.15, 0.2) is 12.2 Å². The molecule has 30 heavy (non-hydrogen) atoms. The number of hydrogen-bond acceptors (Lipinski definition) is 4. The third kappa shape index (κ3) is 5.53. The summed E-state index contributed by atoms with van der Waals surface area (Å²) in [7, 11) is 0. The van der Waals surface area contributed by atoms with E-state index in [2.05, 4.69) is 0 Å². The highest BCUT2D eigenvalue weighted by Gasteiger charge is 2.30. The topological polar surface area (TPSA) is 59.1 Å². The van der Waals surface area contributed by atoms with E-state index in [-0.39, 0.29) is 11.8 Å². The van der Waals surface area contributed by atoms with Gasteiger partial charge < -0.3 is 19.3 Å². The zero-order valence-electron chi connectivity index (χ0n) is 18.1. The van der Waals surface area contributed by atoms with Crippen LogP contribution in [0.1, 0.15) is 25.0 Å². The lowest BCUT2D eigenvalue weighted by atomic mass is 10.2.